The highest BCUT2D eigenvalue weighted by Gasteiger charge is 2.15. The summed E-state index contributed by atoms with van der Waals surface area (Å²) in [5, 5.41) is 3.21. The number of hydrogen-bond donors (Lipinski definition) is 2. The van der Waals surface area contributed by atoms with E-state index in [9.17, 15) is 8.42 Å². The molecule has 0 unspecified atom stereocenters. The third-order valence-corrected chi connectivity index (χ3v) is 5.54. The lowest BCUT2D eigenvalue weighted by molar-refractivity contribution is 0.588. The summed E-state index contributed by atoms with van der Waals surface area (Å²) in [7, 11) is -2.03. The predicted octanol–water partition coefficient (Wildman–Crippen LogP) is 2.89. The van der Waals surface area contributed by atoms with Gasteiger partial charge in [-0.05, 0) is 44.7 Å². The number of aryl methyl sites for hydroxylation is 2. The van der Waals surface area contributed by atoms with E-state index in [1.54, 1.807) is 29.5 Å². The van der Waals surface area contributed by atoms with E-state index in [-0.39, 0.29) is 4.90 Å². The van der Waals surface area contributed by atoms with Crippen molar-refractivity contribution in [2.24, 2.45) is 0 Å². The van der Waals surface area contributed by atoms with E-state index in [0.29, 0.717) is 12.2 Å². The highest BCUT2D eigenvalue weighted by atomic mass is 32.2. The third kappa shape index (κ3) is 3.20. The van der Waals surface area contributed by atoms with Crippen LogP contribution in [0.4, 0.5) is 5.69 Å². The molecule has 108 valence electrons. The van der Waals surface area contributed by atoms with E-state index in [1.807, 2.05) is 6.07 Å². The van der Waals surface area contributed by atoms with Gasteiger partial charge in [-0.25, -0.2) is 13.1 Å². The summed E-state index contributed by atoms with van der Waals surface area (Å²) in [5.41, 5.74) is 1.81. The Balaban J connectivity index is 2.25. The molecule has 2 N–H and O–H groups in total. The van der Waals surface area contributed by atoms with Crippen LogP contribution in [-0.2, 0) is 16.6 Å². The minimum atomic E-state index is -3.45. The molecule has 20 heavy (non-hydrogen) atoms. The molecular formula is C14H18N2O2S2. The molecule has 0 bridgehead atoms. The number of thiophene rings is 1. The fraction of sp³-hybridized carbons (Fsp3) is 0.286. The van der Waals surface area contributed by atoms with Crippen LogP contribution in [0.5, 0.6) is 0 Å². The normalized spacial score (nSPS) is 11.6. The van der Waals surface area contributed by atoms with Gasteiger partial charge in [0.25, 0.3) is 0 Å². The van der Waals surface area contributed by atoms with Crippen LogP contribution in [-0.4, -0.2) is 15.5 Å². The molecule has 0 atom stereocenters. The molecule has 0 fully saturated rings. The van der Waals surface area contributed by atoms with Gasteiger partial charge in [0, 0.05) is 16.3 Å². The van der Waals surface area contributed by atoms with Crippen molar-refractivity contribution >= 4 is 27.0 Å². The van der Waals surface area contributed by atoms with Crippen LogP contribution < -0.4 is 10.0 Å². The van der Waals surface area contributed by atoms with Gasteiger partial charge in [0.2, 0.25) is 10.0 Å². The van der Waals surface area contributed by atoms with Gasteiger partial charge in [0.05, 0.1) is 5.69 Å². The molecule has 4 nitrogen and oxygen atoms in total. The number of benzene rings is 1. The maximum Gasteiger partial charge on any atom is 0.242 e. The molecule has 0 radical (unpaired) electrons. The van der Waals surface area contributed by atoms with Crippen LogP contribution in [0.3, 0.4) is 0 Å². The van der Waals surface area contributed by atoms with Crippen molar-refractivity contribution in [1.29, 1.82) is 0 Å². The van der Waals surface area contributed by atoms with Crippen LogP contribution in [0.25, 0.3) is 0 Å². The molecule has 0 amide bonds. The highest BCUT2D eigenvalue weighted by Crippen LogP contribution is 2.24. The lowest BCUT2D eigenvalue weighted by Gasteiger charge is -2.11. The SMILES string of the molecule is CNS(=O)(=O)c1ccccc1NCc1cc(C)sc1C. The number of rotatable bonds is 5. The predicted molar refractivity (Wildman–Crippen MR) is 83.8 cm³/mol. The zero-order valence-corrected chi connectivity index (χ0v) is 13.4. The number of nitrogens with one attached hydrogen (secondary N) is 2. The quantitative estimate of drug-likeness (QED) is 0.893. The number of anilines is 1. The summed E-state index contributed by atoms with van der Waals surface area (Å²) in [4.78, 5) is 2.78. The van der Waals surface area contributed by atoms with Crippen LogP contribution in [0, 0.1) is 13.8 Å². The minimum absolute atomic E-state index is 0.270. The summed E-state index contributed by atoms with van der Waals surface area (Å²) >= 11 is 1.75. The standard InChI is InChI=1S/C14H18N2O2S2/c1-10-8-12(11(2)19-10)9-16-13-6-4-5-7-14(13)20(17,18)15-3/h4-8,15-16H,9H2,1-3H3. The summed E-state index contributed by atoms with van der Waals surface area (Å²) in [6.07, 6.45) is 0. The maximum atomic E-state index is 12.0. The Morgan fingerprint density at radius 2 is 1.90 bits per heavy atom. The molecule has 2 aromatic rings. The van der Waals surface area contributed by atoms with E-state index < -0.39 is 10.0 Å². The number of para-hydroxylation sites is 1. The van der Waals surface area contributed by atoms with Crippen molar-refractivity contribution in [3.8, 4) is 0 Å². The second-order valence-corrected chi connectivity index (χ2v) is 7.81. The fourth-order valence-electron chi connectivity index (χ4n) is 2.01. The zero-order chi connectivity index (χ0) is 14.8. The van der Waals surface area contributed by atoms with E-state index in [1.165, 1.54) is 22.4 Å². The van der Waals surface area contributed by atoms with Gasteiger partial charge >= 0.3 is 0 Å². The van der Waals surface area contributed by atoms with Gasteiger partial charge in [-0.2, -0.15) is 0 Å². The Bertz CT molecular complexity index is 706. The van der Waals surface area contributed by atoms with E-state index in [2.05, 4.69) is 30.0 Å². The molecule has 0 saturated heterocycles. The first-order valence-electron chi connectivity index (χ1n) is 6.26. The van der Waals surface area contributed by atoms with E-state index in [0.717, 1.165) is 0 Å². The summed E-state index contributed by atoms with van der Waals surface area (Å²) < 4.78 is 26.3. The first-order chi connectivity index (χ1) is 9.44. The first kappa shape index (κ1) is 15.0. The Hall–Kier alpha value is -1.37. The highest BCUT2D eigenvalue weighted by molar-refractivity contribution is 7.89. The van der Waals surface area contributed by atoms with Crippen molar-refractivity contribution in [2.75, 3.05) is 12.4 Å². The van der Waals surface area contributed by atoms with Crippen molar-refractivity contribution in [1.82, 2.24) is 4.72 Å². The number of sulfonamides is 1. The Morgan fingerprint density at radius 1 is 1.20 bits per heavy atom. The molecule has 0 saturated carbocycles. The molecule has 6 heteroatoms. The molecule has 0 spiro atoms. The summed E-state index contributed by atoms with van der Waals surface area (Å²) in [6.45, 7) is 4.76. The second-order valence-electron chi connectivity index (χ2n) is 4.50. The van der Waals surface area contributed by atoms with Crippen LogP contribution >= 0.6 is 11.3 Å². The first-order valence-corrected chi connectivity index (χ1v) is 8.56. The lowest BCUT2D eigenvalue weighted by Crippen LogP contribution is -2.20. The van der Waals surface area contributed by atoms with Gasteiger partial charge in [-0.15, -0.1) is 11.3 Å². The average molecular weight is 310 g/mol. The van der Waals surface area contributed by atoms with Gasteiger partial charge in [-0.3, -0.25) is 0 Å². The van der Waals surface area contributed by atoms with E-state index >= 15 is 0 Å². The molecule has 0 aliphatic carbocycles. The van der Waals surface area contributed by atoms with E-state index in [4.69, 9.17) is 0 Å². The molecule has 1 aromatic heterocycles. The lowest BCUT2D eigenvalue weighted by atomic mass is 10.2. The smallest absolute Gasteiger partial charge is 0.242 e. The molecule has 2 rings (SSSR count). The van der Waals surface area contributed by atoms with Crippen molar-refractivity contribution in [2.45, 2.75) is 25.3 Å². The summed E-state index contributed by atoms with van der Waals surface area (Å²) in [6, 6.07) is 9.04. The number of hydrogen-bond acceptors (Lipinski definition) is 4. The van der Waals surface area contributed by atoms with Crippen LogP contribution in [0.2, 0.25) is 0 Å². The van der Waals surface area contributed by atoms with Crippen molar-refractivity contribution in [3.63, 3.8) is 0 Å². The van der Waals surface area contributed by atoms with Gasteiger partial charge < -0.3 is 5.32 Å². The van der Waals surface area contributed by atoms with Crippen molar-refractivity contribution in [3.05, 3.63) is 45.6 Å². The topological polar surface area (TPSA) is 58.2 Å². The van der Waals surface area contributed by atoms with Gasteiger partial charge in [0.1, 0.15) is 4.90 Å². The average Bonchev–Trinajstić information content (AvgIpc) is 2.75. The van der Waals surface area contributed by atoms with Gasteiger partial charge in [-0.1, -0.05) is 12.1 Å². The second kappa shape index (κ2) is 5.95. The molecular weight excluding hydrogens is 292 g/mol. The summed E-state index contributed by atoms with van der Waals surface area (Å²) in [5.74, 6) is 0. The Labute approximate surface area is 123 Å². The molecule has 0 aliphatic heterocycles. The Morgan fingerprint density at radius 3 is 2.50 bits per heavy atom. The third-order valence-electron chi connectivity index (χ3n) is 3.06. The molecule has 1 aromatic carbocycles. The van der Waals surface area contributed by atoms with Crippen LogP contribution in [0.15, 0.2) is 35.2 Å². The monoisotopic (exact) mass is 310 g/mol. The minimum Gasteiger partial charge on any atom is -0.380 e. The maximum absolute atomic E-state index is 12.0. The van der Waals surface area contributed by atoms with Crippen LogP contribution in [0.1, 0.15) is 15.3 Å². The molecule has 0 aliphatic rings. The van der Waals surface area contributed by atoms with Gasteiger partial charge in [0.15, 0.2) is 0 Å². The molecule has 1 heterocycles. The Kier molecular flexibility index (Phi) is 4.47. The zero-order valence-electron chi connectivity index (χ0n) is 11.7. The fourth-order valence-corrected chi connectivity index (χ4v) is 3.86. The largest absolute Gasteiger partial charge is 0.380 e. The van der Waals surface area contributed by atoms with Crippen molar-refractivity contribution < 1.29 is 8.42 Å².